The van der Waals surface area contributed by atoms with Crippen molar-refractivity contribution in [3.8, 4) is 0 Å². The number of nitrogens with zero attached hydrogens (tertiary/aromatic N) is 1. The molecule has 0 bridgehead atoms. The van der Waals surface area contributed by atoms with Crippen molar-refractivity contribution in [2.45, 2.75) is 42.4 Å². The van der Waals surface area contributed by atoms with Crippen molar-refractivity contribution < 1.29 is 13.2 Å². The Morgan fingerprint density at radius 3 is 2.48 bits per heavy atom. The fraction of sp³-hybridized carbons (Fsp3) is 0.450. The summed E-state index contributed by atoms with van der Waals surface area (Å²) in [7, 11) is -2.17. The minimum absolute atomic E-state index is 0.0724. The summed E-state index contributed by atoms with van der Waals surface area (Å²) in [6.45, 7) is -0.184. The molecule has 1 aliphatic carbocycles. The van der Waals surface area contributed by atoms with E-state index in [4.69, 9.17) is 0 Å². The number of hydrogen-bond donors (Lipinski definition) is 1. The van der Waals surface area contributed by atoms with Crippen LogP contribution in [0.4, 0.5) is 0 Å². The molecule has 1 N–H and O–H groups in total. The topological polar surface area (TPSA) is 66.5 Å². The van der Waals surface area contributed by atoms with Crippen LogP contribution in [0, 0.1) is 5.92 Å². The third kappa shape index (κ3) is 4.97. The van der Waals surface area contributed by atoms with E-state index in [1.807, 2.05) is 30.3 Å². The molecule has 1 aromatic heterocycles. The lowest BCUT2D eigenvalue weighted by Gasteiger charge is -2.31. The molecule has 146 valence electrons. The smallest absolute Gasteiger partial charge is 0.252 e. The van der Waals surface area contributed by atoms with Crippen LogP contribution >= 0.6 is 11.3 Å². The number of hydrogen-bond acceptors (Lipinski definition) is 4. The Morgan fingerprint density at radius 2 is 1.85 bits per heavy atom. The number of nitrogens with one attached hydrogen (secondary N) is 1. The highest BCUT2D eigenvalue weighted by Gasteiger charge is 2.29. The first-order valence-corrected chi connectivity index (χ1v) is 11.6. The van der Waals surface area contributed by atoms with Crippen LogP contribution in [-0.4, -0.2) is 32.2 Å². The van der Waals surface area contributed by atoms with Gasteiger partial charge in [0.25, 0.3) is 10.0 Å². The van der Waals surface area contributed by atoms with Gasteiger partial charge in [0.15, 0.2) is 0 Å². The van der Waals surface area contributed by atoms with Gasteiger partial charge in [0.2, 0.25) is 5.91 Å². The Kier molecular flexibility index (Phi) is 6.68. The zero-order valence-corrected chi connectivity index (χ0v) is 17.1. The fourth-order valence-electron chi connectivity index (χ4n) is 3.67. The molecule has 0 radical (unpaired) electrons. The second-order valence-corrected chi connectivity index (χ2v) is 10.3. The molecule has 1 atom stereocenters. The second kappa shape index (κ2) is 8.99. The van der Waals surface area contributed by atoms with Crippen molar-refractivity contribution in [1.29, 1.82) is 0 Å². The Hall–Kier alpha value is -1.70. The predicted octanol–water partition coefficient (Wildman–Crippen LogP) is 3.81. The van der Waals surface area contributed by atoms with E-state index in [9.17, 15) is 13.2 Å². The van der Waals surface area contributed by atoms with Crippen LogP contribution < -0.4 is 5.32 Å². The molecule has 1 fully saturated rings. The van der Waals surface area contributed by atoms with Gasteiger partial charge in [0.05, 0.1) is 12.6 Å². The molecule has 7 heteroatoms. The van der Waals surface area contributed by atoms with E-state index >= 15 is 0 Å². The van der Waals surface area contributed by atoms with E-state index in [1.165, 1.54) is 26.3 Å². The Bertz CT molecular complexity index is 829. The molecule has 0 saturated heterocycles. The van der Waals surface area contributed by atoms with Gasteiger partial charge in [-0.25, -0.2) is 8.42 Å². The van der Waals surface area contributed by atoms with Gasteiger partial charge in [-0.05, 0) is 35.8 Å². The highest BCUT2D eigenvalue weighted by molar-refractivity contribution is 7.91. The van der Waals surface area contributed by atoms with Gasteiger partial charge in [-0.15, -0.1) is 11.3 Å². The summed E-state index contributed by atoms with van der Waals surface area (Å²) < 4.78 is 26.5. The summed E-state index contributed by atoms with van der Waals surface area (Å²) in [5.74, 6) is 0.126. The lowest BCUT2D eigenvalue weighted by atomic mass is 9.81. The molecule has 1 unspecified atom stereocenters. The molecular weight excluding hydrogens is 380 g/mol. The minimum atomic E-state index is -3.62. The monoisotopic (exact) mass is 406 g/mol. The van der Waals surface area contributed by atoms with Crippen molar-refractivity contribution in [1.82, 2.24) is 9.62 Å². The highest BCUT2D eigenvalue weighted by atomic mass is 32.2. The number of sulfonamides is 1. The molecule has 1 aliphatic rings. The summed E-state index contributed by atoms with van der Waals surface area (Å²) in [5.41, 5.74) is 1.08. The number of likely N-dealkylation sites (N-methyl/N-ethyl adjacent to an activating group) is 1. The molecule has 0 spiro atoms. The van der Waals surface area contributed by atoms with Crippen LogP contribution in [0.1, 0.15) is 43.7 Å². The number of amides is 1. The zero-order chi connectivity index (χ0) is 19.3. The average Bonchev–Trinajstić information content (AvgIpc) is 3.23. The molecule has 1 saturated carbocycles. The van der Waals surface area contributed by atoms with Gasteiger partial charge in [0, 0.05) is 7.05 Å². The third-order valence-electron chi connectivity index (χ3n) is 5.12. The fourth-order valence-corrected chi connectivity index (χ4v) is 6.00. The number of benzene rings is 1. The number of rotatable bonds is 7. The molecule has 0 aliphatic heterocycles. The SMILES string of the molecule is CN(CC(=O)NC(c1ccccc1)C1CCCCC1)S(=O)(=O)c1cccs1. The molecule has 1 heterocycles. The van der Waals surface area contributed by atoms with Crippen molar-refractivity contribution in [3.05, 3.63) is 53.4 Å². The quantitative estimate of drug-likeness (QED) is 0.760. The first-order valence-electron chi connectivity index (χ1n) is 9.32. The molecular formula is C20H26N2O3S2. The van der Waals surface area contributed by atoms with Gasteiger partial charge < -0.3 is 5.32 Å². The molecule has 5 nitrogen and oxygen atoms in total. The molecule has 1 aromatic carbocycles. The van der Waals surface area contributed by atoms with E-state index in [-0.39, 0.29) is 22.7 Å². The Balaban J connectivity index is 1.71. The van der Waals surface area contributed by atoms with E-state index < -0.39 is 10.0 Å². The summed E-state index contributed by atoms with van der Waals surface area (Å²) in [5, 5.41) is 4.83. The minimum Gasteiger partial charge on any atom is -0.348 e. The van der Waals surface area contributed by atoms with Gasteiger partial charge in [-0.3, -0.25) is 4.79 Å². The molecule has 3 rings (SSSR count). The average molecular weight is 407 g/mol. The van der Waals surface area contributed by atoms with Crippen LogP contribution in [0.2, 0.25) is 0 Å². The first-order chi connectivity index (χ1) is 13.0. The van der Waals surface area contributed by atoms with E-state index in [0.717, 1.165) is 34.0 Å². The highest BCUT2D eigenvalue weighted by Crippen LogP contribution is 2.34. The van der Waals surface area contributed by atoms with Crippen molar-refractivity contribution in [2.24, 2.45) is 5.92 Å². The summed E-state index contributed by atoms with van der Waals surface area (Å²) in [6.07, 6.45) is 5.77. The van der Waals surface area contributed by atoms with Crippen LogP contribution in [0.25, 0.3) is 0 Å². The van der Waals surface area contributed by atoms with Crippen LogP contribution in [0.5, 0.6) is 0 Å². The van der Waals surface area contributed by atoms with Gasteiger partial charge >= 0.3 is 0 Å². The van der Waals surface area contributed by atoms with Gasteiger partial charge in [-0.2, -0.15) is 4.31 Å². The standard InChI is InChI=1S/C20H26N2O3S2/c1-22(27(24,25)19-13-8-14-26-19)15-18(23)21-20(16-9-4-2-5-10-16)17-11-6-3-7-12-17/h2,4-5,8-10,13-14,17,20H,3,6-7,11-12,15H2,1H3,(H,21,23). The summed E-state index contributed by atoms with van der Waals surface area (Å²) in [4.78, 5) is 12.7. The van der Waals surface area contributed by atoms with E-state index in [0.29, 0.717) is 5.92 Å². The maximum absolute atomic E-state index is 12.7. The van der Waals surface area contributed by atoms with Crippen molar-refractivity contribution in [3.63, 3.8) is 0 Å². The Morgan fingerprint density at radius 1 is 1.15 bits per heavy atom. The van der Waals surface area contributed by atoms with Gasteiger partial charge in [-0.1, -0.05) is 55.7 Å². The van der Waals surface area contributed by atoms with Gasteiger partial charge in [0.1, 0.15) is 4.21 Å². The van der Waals surface area contributed by atoms with Crippen LogP contribution in [0.3, 0.4) is 0 Å². The van der Waals surface area contributed by atoms with Crippen molar-refractivity contribution >= 4 is 27.3 Å². The maximum Gasteiger partial charge on any atom is 0.252 e. The van der Waals surface area contributed by atoms with E-state index in [1.54, 1.807) is 17.5 Å². The zero-order valence-electron chi connectivity index (χ0n) is 15.5. The Labute approximate surface area is 165 Å². The largest absolute Gasteiger partial charge is 0.348 e. The van der Waals surface area contributed by atoms with E-state index in [2.05, 4.69) is 5.32 Å². The second-order valence-electron chi connectivity index (χ2n) is 7.05. The lowest BCUT2D eigenvalue weighted by Crippen LogP contribution is -2.41. The van der Waals surface area contributed by atoms with Crippen LogP contribution in [-0.2, 0) is 14.8 Å². The number of thiophene rings is 1. The predicted molar refractivity (Wildman–Crippen MR) is 108 cm³/mol. The molecule has 2 aromatic rings. The molecule has 27 heavy (non-hydrogen) atoms. The normalized spacial score (nSPS) is 17.0. The lowest BCUT2D eigenvalue weighted by molar-refractivity contribution is -0.122. The third-order valence-corrected chi connectivity index (χ3v) is 8.30. The number of carbonyl (C=O) groups excluding carboxylic acids is 1. The maximum atomic E-state index is 12.7. The molecule has 1 amide bonds. The first kappa shape index (κ1) is 20.0. The number of carbonyl (C=O) groups is 1. The summed E-state index contributed by atoms with van der Waals surface area (Å²) in [6, 6.07) is 13.2. The van der Waals surface area contributed by atoms with Crippen molar-refractivity contribution in [2.75, 3.05) is 13.6 Å². The summed E-state index contributed by atoms with van der Waals surface area (Å²) >= 11 is 1.16. The van der Waals surface area contributed by atoms with Crippen LogP contribution in [0.15, 0.2) is 52.1 Å².